The maximum Gasteiger partial charge on any atom is 0.0662 e. The first-order valence-corrected chi connectivity index (χ1v) is 13.6. The van der Waals surface area contributed by atoms with E-state index < -0.39 is 0 Å². The van der Waals surface area contributed by atoms with Crippen molar-refractivity contribution in [1.82, 2.24) is 0 Å². The summed E-state index contributed by atoms with van der Waals surface area (Å²) in [5, 5.41) is 15.2. The predicted molar refractivity (Wildman–Crippen MR) is 296 cm³/mol. The highest BCUT2D eigenvalue weighted by molar-refractivity contribution is 4.27. The molecule has 0 aromatic rings. The summed E-state index contributed by atoms with van der Waals surface area (Å²) in [4.78, 5) is 0. The average Bonchev–Trinajstić information content (AvgIpc) is 3.41. The lowest BCUT2D eigenvalue weighted by Gasteiger charge is -1.70. The van der Waals surface area contributed by atoms with Crippen LogP contribution in [0.4, 0.5) is 0 Å². The molecule has 0 aliphatic rings. The van der Waals surface area contributed by atoms with Crippen molar-refractivity contribution in [2.24, 2.45) is 0 Å². The third-order valence-corrected chi connectivity index (χ3v) is 0.1000. The molecule has 2 nitrogen and oxygen atoms in total. The van der Waals surface area contributed by atoms with E-state index in [0.29, 0.717) is 0 Å². The third-order valence-electron chi connectivity index (χ3n) is 0.1000. The molecule has 0 aromatic carbocycles. The molecule has 0 radical (unpaired) electrons. The van der Waals surface area contributed by atoms with Gasteiger partial charge >= 0.3 is 0 Å². The fraction of sp³-hybridized carbons (Fsp3) is 0.0385. The molecule has 0 fully saturated rings. The van der Waals surface area contributed by atoms with Gasteiger partial charge in [0, 0.05) is 0 Å². The summed E-state index contributed by atoms with van der Waals surface area (Å²) in [5.41, 5.74) is 0. The van der Waals surface area contributed by atoms with Gasteiger partial charge in [-0.05, 0) is 0 Å². The van der Waals surface area contributed by atoms with Gasteiger partial charge in [0.05, 0.1) is 13.2 Å². The molecule has 0 aliphatic heterocycles. The molecule has 0 atom stereocenters. The molecule has 0 aliphatic carbocycles. The first-order chi connectivity index (χ1) is 26.9. The van der Waals surface area contributed by atoms with Gasteiger partial charge in [-0.3, -0.25) is 0 Å². The topological polar surface area (TPSA) is 40.5 Å². The van der Waals surface area contributed by atoms with Crippen LogP contribution < -0.4 is 0 Å². The van der Waals surface area contributed by atoms with Gasteiger partial charge in [0.1, 0.15) is 0 Å². The minimum atomic E-state index is -0.125. The van der Waals surface area contributed by atoms with E-state index in [-0.39, 0.29) is 13.2 Å². The molecular weight excluding hydrogens is 657 g/mol. The Kier molecular flexibility index (Phi) is 18800. The lowest BCUT2D eigenvalue weighted by Crippen LogP contribution is -1.85. The van der Waals surface area contributed by atoms with Crippen LogP contribution in [0.25, 0.3) is 0 Å². The zero-order valence-electron chi connectivity index (χ0n) is 37.7. The van der Waals surface area contributed by atoms with Crippen molar-refractivity contribution in [2.45, 2.75) is 0 Å². The van der Waals surface area contributed by atoms with Gasteiger partial charge < -0.3 is 10.2 Å². The zero-order chi connectivity index (χ0) is 53.4. The molecule has 326 valence electrons. The third kappa shape index (κ3) is 2880. The van der Waals surface area contributed by atoms with Crippen LogP contribution in [-0.2, 0) is 0 Å². The lowest BCUT2D eigenvalue weighted by molar-refractivity contribution is 0.186. The van der Waals surface area contributed by atoms with Crippen LogP contribution in [0.1, 0.15) is 0 Å². The van der Waals surface area contributed by atoms with E-state index in [1.807, 2.05) is 0 Å². The van der Waals surface area contributed by atoms with Gasteiger partial charge in [0.2, 0.25) is 0 Å². The van der Waals surface area contributed by atoms with Crippen LogP contribution in [-0.4, -0.2) is 23.4 Å². The van der Waals surface area contributed by atoms with Crippen molar-refractivity contribution in [2.75, 3.05) is 13.2 Å². The van der Waals surface area contributed by atoms with E-state index in [4.69, 9.17) is 10.2 Å². The van der Waals surface area contributed by atoms with Gasteiger partial charge in [0.15, 0.2) is 0 Å². The molecule has 0 bridgehead atoms. The van der Waals surface area contributed by atoms with Crippen molar-refractivity contribution < 1.29 is 10.2 Å². The van der Waals surface area contributed by atoms with Gasteiger partial charge in [-0.2, -0.15) is 0 Å². The number of rotatable bonds is 1. The maximum absolute atomic E-state index is 7.62. The molecule has 2 heteroatoms. The number of aliphatic hydroxyl groups is 2. The summed E-state index contributed by atoms with van der Waals surface area (Å²) in [6, 6.07) is 0. The fourth-order valence-electron chi connectivity index (χ4n) is 0. The van der Waals surface area contributed by atoms with Crippen LogP contribution in [0.2, 0.25) is 0 Å². The summed E-state index contributed by atoms with van der Waals surface area (Å²) >= 11 is 0. The SMILES string of the molecule is C=C.C=C.C=C.C=C.C=C.C=C.C=C.C=C.C=C.C=C.C=C.C=C.C=C.C=C.C=C.C=C.C=C.C=C.C=C.C=C.C=C.C=C.C=C.C=C.C=C.OCCO. The minimum Gasteiger partial charge on any atom is -0.394 e. The van der Waals surface area contributed by atoms with Crippen LogP contribution >= 0.6 is 0 Å². The monoisotopic (exact) mass is 763 g/mol. The van der Waals surface area contributed by atoms with Crippen molar-refractivity contribution in [3.05, 3.63) is 329 Å². The average molecular weight is 763 g/mol. The van der Waals surface area contributed by atoms with Crippen molar-refractivity contribution in [3.8, 4) is 0 Å². The van der Waals surface area contributed by atoms with Gasteiger partial charge in [0.25, 0.3) is 0 Å². The molecule has 0 saturated heterocycles. The largest absolute Gasteiger partial charge is 0.394 e. The van der Waals surface area contributed by atoms with E-state index >= 15 is 0 Å². The number of hydrogen-bond donors (Lipinski definition) is 2. The molecule has 0 rings (SSSR count). The minimum absolute atomic E-state index is 0.125. The Morgan fingerprint density at radius 1 is 0.111 bits per heavy atom. The first kappa shape index (κ1) is 223. The molecule has 0 amide bonds. The van der Waals surface area contributed by atoms with Gasteiger partial charge in [-0.1, -0.05) is 0 Å². The predicted octanol–water partition coefficient (Wildman–Crippen LogP) is 19.0. The van der Waals surface area contributed by atoms with Crippen molar-refractivity contribution >= 4 is 0 Å². The summed E-state index contributed by atoms with van der Waals surface area (Å²) in [6.07, 6.45) is 0. The molecule has 0 aromatic heterocycles. The van der Waals surface area contributed by atoms with Gasteiger partial charge in [-0.15, -0.1) is 329 Å². The van der Waals surface area contributed by atoms with Crippen LogP contribution in [0.15, 0.2) is 329 Å². The summed E-state index contributed by atoms with van der Waals surface area (Å²) in [6.45, 7) is 150. The van der Waals surface area contributed by atoms with E-state index in [1.165, 1.54) is 0 Å². The Morgan fingerprint density at radius 3 is 0.130 bits per heavy atom. The molecular formula is C52H106O2. The van der Waals surface area contributed by atoms with E-state index in [0.717, 1.165) is 0 Å². The van der Waals surface area contributed by atoms with E-state index in [9.17, 15) is 0 Å². The van der Waals surface area contributed by atoms with E-state index in [2.05, 4.69) is 329 Å². The van der Waals surface area contributed by atoms with Gasteiger partial charge in [-0.25, -0.2) is 0 Å². The van der Waals surface area contributed by atoms with Crippen LogP contribution in [0, 0.1) is 0 Å². The maximum atomic E-state index is 7.62. The second-order valence-corrected chi connectivity index (χ2v) is 0.447. The lowest BCUT2D eigenvalue weighted by atomic mass is 10.8. The quantitative estimate of drug-likeness (QED) is 0.261. The van der Waals surface area contributed by atoms with Crippen molar-refractivity contribution in [3.63, 3.8) is 0 Å². The Hall–Kier alpha value is -6.58. The second-order valence-electron chi connectivity index (χ2n) is 0.447. The number of aliphatic hydroxyl groups excluding tert-OH is 2. The molecule has 0 heterocycles. The zero-order valence-corrected chi connectivity index (χ0v) is 37.7. The molecule has 2 N–H and O–H groups in total. The summed E-state index contributed by atoms with van der Waals surface area (Å²) in [7, 11) is 0. The Labute approximate surface area is 351 Å². The highest BCUT2D eigenvalue weighted by Gasteiger charge is 1.58. The molecule has 0 unspecified atom stereocenters. The summed E-state index contributed by atoms with van der Waals surface area (Å²) < 4.78 is 0. The first-order valence-electron chi connectivity index (χ1n) is 13.6. The highest BCUT2D eigenvalue weighted by atomic mass is 16.3. The Bertz CT molecular complexity index is 151. The normalized spacial score (nSPS) is 2.41. The van der Waals surface area contributed by atoms with Crippen molar-refractivity contribution in [1.29, 1.82) is 0 Å². The fourth-order valence-corrected chi connectivity index (χ4v) is 0. The molecule has 0 spiro atoms. The Balaban J connectivity index is -0.00000000631. The highest BCUT2D eigenvalue weighted by Crippen LogP contribution is 1.39. The molecule has 54 heavy (non-hydrogen) atoms. The Morgan fingerprint density at radius 2 is 0.130 bits per heavy atom. The molecule has 0 saturated carbocycles. The standard InChI is InChI=1S/C2H6O2.25C2H4/c3-1-2-4;25*1-2/h3-4H,1-2H2;25*1-2H2. The van der Waals surface area contributed by atoms with Crippen LogP contribution in [0.5, 0.6) is 0 Å². The van der Waals surface area contributed by atoms with Crippen LogP contribution in [0.3, 0.4) is 0 Å². The smallest absolute Gasteiger partial charge is 0.0662 e. The summed E-state index contributed by atoms with van der Waals surface area (Å²) in [5.74, 6) is 0. The van der Waals surface area contributed by atoms with E-state index in [1.54, 1.807) is 0 Å². The number of hydrogen-bond acceptors (Lipinski definition) is 2. The second kappa shape index (κ2) is 4570.